The van der Waals surface area contributed by atoms with Crippen LogP contribution in [0.25, 0.3) is 11.2 Å². The predicted molar refractivity (Wildman–Crippen MR) is 177 cm³/mol. The molecule has 49 heavy (non-hydrogen) atoms. The van der Waals surface area contributed by atoms with Crippen LogP contribution in [0.3, 0.4) is 0 Å². The van der Waals surface area contributed by atoms with Crippen LogP contribution in [0.4, 0.5) is 11.8 Å². The van der Waals surface area contributed by atoms with Gasteiger partial charge in [0, 0.05) is 45.1 Å². The number of anilines is 2. The van der Waals surface area contributed by atoms with Gasteiger partial charge in [-0.2, -0.15) is 15.0 Å². The van der Waals surface area contributed by atoms with Crippen LogP contribution >= 0.6 is 0 Å². The summed E-state index contributed by atoms with van der Waals surface area (Å²) in [6.07, 6.45) is 1.96. The molecule has 0 aliphatic carbocycles. The Morgan fingerprint density at radius 3 is 2.41 bits per heavy atom. The molecule has 0 bridgehead atoms. The van der Waals surface area contributed by atoms with Crippen molar-refractivity contribution in [2.75, 3.05) is 23.7 Å². The maximum absolute atomic E-state index is 11.5. The zero-order valence-corrected chi connectivity index (χ0v) is 27.0. The van der Waals surface area contributed by atoms with Gasteiger partial charge in [0.2, 0.25) is 17.7 Å². The third kappa shape index (κ3) is 6.71. The first-order valence-corrected chi connectivity index (χ1v) is 16.1. The molecule has 1 saturated heterocycles. The molecule has 0 spiro atoms. The van der Waals surface area contributed by atoms with Crippen molar-refractivity contribution in [2.45, 2.75) is 50.2 Å². The molecule has 2 aromatic carbocycles. The molecule has 6 aromatic rings. The third-order valence-corrected chi connectivity index (χ3v) is 8.46. The van der Waals surface area contributed by atoms with E-state index in [4.69, 9.17) is 24.0 Å². The van der Waals surface area contributed by atoms with Crippen molar-refractivity contribution in [3.63, 3.8) is 0 Å². The van der Waals surface area contributed by atoms with Crippen LogP contribution in [-0.2, 0) is 34.2 Å². The molecule has 0 saturated carbocycles. The van der Waals surface area contributed by atoms with E-state index in [0.717, 1.165) is 16.8 Å². The van der Waals surface area contributed by atoms with Gasteiger partial charge in [-0.15, -0.1) is 0 Å². The smallest absolute Gasteiger partial charge is 0.293 e. The molecule has 1 aliphatic heterocycles. The van der Waals surface area contributed by atoms with E-state index < -0.39 is 24.5 Å². The van der Waals surface area contributed by atoms with Crippen LogP contribution in [0.2, 0.25) is 0 Å². The van der Waals surface area contributed by atoms with Crippen molar-refractivity contribution in [3.05, 3.63) is 108 Å². The van der Waals surface area contributed by atoms with Crippen molar-refractivity contribution < 1.29 is 23.9 Å². The van der Waals surface area contributed by atoms with Gasteiger partial charge in [0.05, 0.1) is 18.3 Å². The van der Waals surface area contributed by atoms with Crippen LogP contribution in [0.5, 0.6) is 0 Å². The minimum atomic E-state index is -1.30. The molecule has 0 amide bonds. The first kappa shape index (κ1) is 31.9. The average molecular weight is 665 g/mol. The first-order chi connectivity index (χ1) is 24.0. The molecule has 1 fully saturated rings. The molecule has 1 aliphatic rings. The van der Waals surface area contributed by atoms with Crippen molar-refractivity contribution in [1.82, 2.24) is 39.2 Å². The quantitative estimate of drug-likeness (QED) is 0.144. The molecule has 15 heteroatoms. The second-order valence-electron chi connectivity index (χ2n) is 11.7. The number of hydrogen-bond donors (Lipinski definition) is 3. The Balaban J connectivity index is 1.23. The predicted octanol–water partition coefficient (Wildman–Crippen LogP) is 3.58. The van der Waals surface area contributed by atoms with Crippen LogP contribution in [0.1, 0.15) is 53.7 Å². The van der Waals surface area contributed by atoms with Gasteiger partial charge >= 0.3 is 0 Å². The van der Waals surface area contributed by atoms with Crippen LogP contribution in [-0.4, -0.2) is 76.1 Å². The first-order valence-electron chi connectivity index (χ1n) is 16.1. The molecule has 15 nitrogen and oxygen atoms in total. The molecule has 7 rings (SSSR count). The van der Waals surface area contributed by atoms with Crippen molar-refractivity contribution in [1.29, 1.82) is 0 Å². The lowest BCUT2D eigenvalue weighted by Crippen LogP contribution is -2.31. The highest BCUT2D eigenvalue weighted by molar-refractivity contribution is 5.84. The Hall–Kier alpha value is -5.67. The molecular formula is C34H36N10O5. The maximum atomic E-state index is 11.5. The Kier molecular flexibility index (Phi) is 9.25. The number of aliphatic hydroxyl groups is 1. The average Bonchev–Trinajstić information content (AvgIpc) is 3.93. The fourth-order valence-corrected chi connectivity index (χ4v) is 6.03. The lowest BCUT2D eigenvalue weighted by molar-refractivity contribution is -0.140. The summed E-state index contributed by atoms with van der Waals surface area (Å²) in [4.78, 5) is 34.5. The Morgan fingerprint density at radius 2 is 1.76 bits per heavy atom. The second kappa shape index (κ2) is 14.2. The number of nitrogens with zero attached hydrogens (tertiary/aromatic N) is 8. The maximum Gasteiger partial charge on any atom is 0.293 e. The number of nitrogens with one attached hydrogen (secondary N) is 2. The fourth-order valence-electron chi connectivity index (χ4n) is 6.03. The highest BCUT2D eigenvalue weighted by Gasteiger charge is 2.49. The molecule has 0 radical (unpaired) electrons. The molecule has 0 unspecified atom stereocenters. The topological polar surface area (TPSA) is 180 Å². The van der Waals surface area contributed by atoms with E-state index >= 15 is 0 Å². The lowest BCUT2D eigenvalue weighted by atomic mass is 9.91. The number of benzene rings is 2. The molecular weight excluding hydrogens is 628 g/mol. The van der Waals surface area contributed by atoms with Gasteiger partial charge in [-0.25, -0.2) is 9.97 Å². The highest BCUT2D eigenvalue weighted by Crippen LogP contribution is 2.41. The highest BCUT2D eigenvalue weighted by atomic mass is 16.6. The van der Waals surface area contributed by atoms with E-state index in [1.807, 2.05) is 61.1 Å². The summed E-state index contributed by atoms with van der Waals surface area (Å²) in [5.41, 5.74) is 4.08. The number of ether oxygens (including phenoxy) is 2. The summed E-state index contributed by atoms with van der Waals surface area (Å²) >= 11 is 0. The van der Waals surface area contributed by atoms with E-state index in [-0.39, 0.29) is 18.2 Å². The summed E-state index contributed by atoms with van der Waals surface area (Å²) < 4.78 is 20.3. The van der Waals surface area contributed by atoms with Crippen molar-refractivity contribution in [2.24, 2.45) is 7.05 Å². The number of rotatable bonds is 14. The van der Waals surface area contributed by atoms with E-state index in [1.165, 1.54) is 6.33 Å². The van der Waals surface area contributed by atoms with Crippen LogP contribution in [0.15, 0.2) is 84.0 Å². The minimum absolute atomic E-state index is 0.0139. The van der Waals surface area contributed by atoms with E-state index in [2.05, 4.69) is 55.0 Å². The Bertz CT molecular complexity index is 1960. The van der Waals surface area contributed by atoms with Gasteiger partial charge in [0.1, 0.15) is 6.10 Å². The van der Waals surface area contributed by atoms with Gasteiger partial charge in [-0.3, -0.25) is 9.36 Å². The van der Waals surface area contributed by atoms with Crippen LogP contribution < -0.4 is 10.6 Å². The molecule has 4 aromatic heterocycles. The fraction of sp³-hybridized carbons (Fsp3) is 0.324. The number of carbonyl (C=O) groups is 1. The lowest BCUT2D eigenvalue weighted by Gasteiger charge is -2.20. The van der Waals surface area contributed by atoms with E-state index in [0.29, 0.717) is 54.8 Å². The summed E-state index contributed by atoms with van der Waals surface area (Å²) in [6.45, 7) is 3.17. The summed E-state index contributed by atoms with van der Waals surface area (Å²) in [6, 6.07) is 20.5. The van der Waals surface area contributed by atoms with Crippen LogP contribution in [0, 0.1) is 0 Å². The third-order valence-electron chi connectivity index (χ3n) is 8.46. The van der Waals surface area contributed by atoms with Gasteiger partial charge in [0.15, 0.2) is 35.4 Å². The second-order valence-corrected chi connectivity index (χ2v) is 11.7. The largest absolute Gasteiger partial charge is 0.458 e. The summed E-state index contributed by atoms with van der Waals surface area (Å²) in [5.74, 6) is 1.41. The minimum Gasteiger partial charge on any atom is -0.458 e. The van der Waals surface area contributed by atoms with E-state index in [1.54, 1.807) is 10.9 Å². The number of hydrogen-bond acceptors (Lipinski definition) is 13. The van der Waals surface area contributed by atoms with Gasteiger partial charge in [-0.1, -0.05) is 72.7 Å². The SMILES string of the molecule is CCc1nc([C@H]2O[C@@H](n3cnc4c(NCC(c5ccccc5)c5ccccc5)nc(NCCc5cn(C)cn5)nc43)[C@H](O)[C@@H]2OC=O)no1. The number of aryl methyl sites for hydroxylation is 2. The van der Waals surface area contributed by atoms with E-state index in [9.17, 15) is 9.90 Å². The number of carbonyl (C=O) groups excluding carboxylic acids is 1. The molecule has 252 valence electrons. The van der Waals surface area contributed by atoms with Crippen molar-refractivity contribution >= 4 is 29.4 Å². The number of aliphatic hydroxyl groups excluding tert-OH is 1. The number of fused-ring (bicyclic) bond motifs is 1. The Morgan fingerprint density at radius 1 is 1.00 bits per heavy atom. The molecule has 5 heterocycles. The monoisotopic (exact) mass is 664 g/mol. The van der Waals surface area contributed by atoms with Gasteiger partial charge in [-0.05, 0) is 11.1 Å². The molecule has 3 N–H and O–H groups in total. The Labute approximate surface area is 281 Å². The van der Waals surface area contributed by atoms with Gasteiger partial charge in [0.25, 0.3) is 6.47 Å². The van der Waals surface area contributed by atoms with Gasteiger partial charge < -0.3 is 34.3 Å². The zero-order chi connectivity index (χ0) is 33.7. The molecule has 4 atom stereocenters. The standard InChI is InChI=1S/C34H36N10O5/c1-3-25-39-31(42-49-25)29-28(47-20-45)27(46)33(48-29)44-19-38-26-30(40-34(41-32(26)44)35-15-14-23-17-43(2)18-37-23)36-16-24(21-10-6-4-7-11-21)22-12-8-5-9-13-22/h4-13,17-20,24,27-29,33,46H,3,14-16H2,1-2H3,(H2,35,36,40,41)/t27-,28+,29+,33-/m1/s1. The summed E-state index contributed by atoms with van der Waals surface area (Å²) in [7, 11) is 1.92. The zero-order valence-electron chi connectivity index (χ0n) is 27.0. The number of aromatic nitrogens is 8. The normalized spacial score (nSPS) is 19.0. The number of imidazole rings is 2. The van der Waals surface area contributed by atoms with Crippen molar-refractivity contribution in [3.8, 4) is 0 Å². The summed E-state index contributed by atoms with van der Waals surface area (Å²) in [5, 5.41) is 22.3.